The highest BCUT2D eigenvalue weighted by molar-refractivity contribution is 5.85. The largest absolute Gasteiger partial charge is 0.355 e. The minimum absolute atomic E-state index is 0. The van der Waals surface area contributed by atoms with Crippen molar-refractivity contribution in [3.05, 3.63) is 35.4 Å². The van der Waals surface area contributed by atoms with Crippen LogP contribution in [-0.2, 0) is 11.2 Å². The first-order valence-electron chi connectivity index (χ1n) is 7.61. The second kappa shape index (κ2) is 7.81. The van der Waals surface area contributed by atoms with Gasteiger partial charge < -0.3 is 11.1 Å². The van der Waals surface area contributed by atoms with Gasteiger partial charge >= 0.3 is 0 Å². The number of amides is 1. The van der Waals surface area contributed by atoms with Crippen LogP contribution < -0.4 is 11.1 Å². The molecule has 21 heavy (non-hydrogen) atoms. The average molecular weight is 311 g/mol. The fourth-order valence-electron chi connectivity index (χ4n) is 3.00. The molecule has 1 aliphatic rings. The van der Waals surface area contributed by atoms with Crippen LogP contribution in [0.15, 0.2) is 24.3 Å². The van der Waals surface area contributed by atoms with E-state index in [4.69, 9.17) is 5.73 Å². The predicted octanol–water partition coefficient (Wildman–Crippen LogP) is 2.98. The molecule has 1 aromatic carbocycles. The lowest BCUT2D eigenvalue weighted by atomic mass is 9.74. The number of carbonyl (C=O) groups excluding carboxylic acids is 1. The van der Waals surface area contributed by atoms with Crippen LogP contribution in [-0.4, -0.2) is 18.0 Å². The van der Waals surface area contributed by atoms with Gasteiger partial charge in [0.2, 0.25) is 5.91 Å². The van der Waals surface area contributed by atoms with Gasteiger partial charge in [-0.15, -0.1) is 12.4 Å². The maximum Gasteiger partial charge on any atom is 0.224 e. The number of carbonyl (C=O) groups is 1. The smallest absolute Gasteiger partial charge is 0.224 e. The maximum absolute atomic E-state index is 12.3. The van der Waals surface area contributed by atoms with Crippen molar-refractivity contribution >= 4 is 18.3 Å². The Labute approximate surface area is 134 Å². The average Bonchev–Trinajstić information content (AvgIpc) is 2.40. The molecule has 0 spiro atoms. The van der Waals surface area contributed by atoms with Gasteiger partial charge in [-0.25, -0.2) is 0 Å². The molecule has 1 amide bonds. The number of hydrogen-bond acceptors (Lipinski definition) is 2. The van der Waals surface area contributed by atoms with Crippen molar-refractivity contribution in [1.29, 1.82) is 0 Å². The van der Waals surface area contributed by atoms with Crippen molar-refractivity contribution in [2.45, 2.75) is 51.5 Å². The minimum Gasteiger partial charge on any atom is -0.355 e. The molecule has 2 atom stereocenters. The molecule has 0 radical (unpaired) electrons. The predicted molar refractivity (Wildman–Crippen MR) is 89.7 cm³/mol. The number of hydrogen-bond donors (Lipinski definition) is 2. The fourth-order valence-corrected chi connectivity index (χ4v) is 3.00. The summed E-state index contributed by atoms with van der Waals surface area (Å²) in [6.45, 7) is 4.78. The zero-order valence-electron chi connectivity index (χ0n) is 13.0. The highest BCUT2D eigenvalue weighted by atomic mass is 35.5. The fraction of sp³-hybridized carbons (Fsp3) is 0.588. The Bertz CT molecular complexity index is 456. The lowest BCUT2D eigenvalue weighted by Crippen LogP contribution is -2.53. The van der Waals surface area contributed by atoms with E-state index in [1.807, 2.05) is 6.92 Å². The summed E-state index contributed by atoms with van der Waals surface area (Å²) in [6, 6.07) is 8.45. The van der Waals surface area contributed by atoms with Crippen molar-refractivity contribution in [2.24, 2.45) is 11.7 Å². The zero-order chi connectivity index (χ0) is 14.6. The van der Waals surface area contributed by atoms with Crippen molar-refractivity contribution in [3.63, 3.8) is 0 Å². The molecule has 3 N–H and O–H groups in total. The van der Waals surface area contributed by atoms with Crippen LogP contribution in [0.4, 0.5) is 0 Å². The first kappa shape index (κ1) is 18.0. The molecular weight excluding hydrogens is 284 g/mol. The Hall–Kier alpha value is -1.06. The third-order valence-electron chi connectivity index (χ3n) is 4.40. The standard InChI is InChI=1S/C17H26N2O.ClH/c1-13-6-8-14(9-7-13)10-12-19-16(20)15-5-3-4-11-17(15,2)18;/h6-9,15H,3-5,10-12,18H2,1-2H3,(H,19,20);1H. The third kappa shape index (κ3) is 5.01. The highest BCUT2D eigenvalue weighted by Gasteiger charge is 2.37. The summed E-state index contributed by atoms with van der Waals surface area (Å²) in [6.07, 6.45) is 5.00. The lowest BCUT2D eigenvalue weighted by Gasteiger charge is -2.37. The van der Waals surface area contributed by atoms with Gasteiger partial charge in [0.25, 0.3) is 0 Å². The van der Waals surface area contributed by atoms with Gasteiger partial charge in [-0.3, -0.25) is 4.79 Å². The monoisotopic (exact) mass is 310 g/mol. The third-order valence-corrected chi connectivity index (χ3v) is 4.40. The van der Waals surface area contributed by atoms with E-state index in [2.05, 4.69) is 36.5 Å². The van der Waals surface area contributed by atoms with Gasteiger partial charge in [-0.2, -0.15) is 0 Å². The van der Waals surface area contributed by atoms with E-state index in [-0.39, 0.29) is 29.8 Å². The molecule has 0 saturated heterocycles. The molecule has 3 nitrogen and oxygen atoms in total. The topological polar surface area (TPSA) is 55.1 Å². The van der Waals surface area contributed by atoms with Crippen LogP contribution in [0.2, 0.25) is 0 Å². The maximum atomic E-state index is 12.3. The Kier molecular flexibility index (Phi) is 6.69. The van der Waals surface area contributed by atoms with Gasteiger partial charge in [0.15, 0.2) is 0 Å². The Morgan fingerprint density at radius 3 is 2.62 bits per heavy atom. The van der Waals surface area contributed by atoms with Crippen LogP contribution in [0.25, 0.3) is 0 Å². The van der Waals surface area contributed by atoms with E-state index in [9.17, 15) is 4.79 Å². The molecule has 118 valence electrons. The summed E-state index contributed by atoms with van der Waals surface area (Å²) in [5.41, 5.74) is 8.44. The molecule has 4 heteroatoms. The molecule has 1 aromatic rings. The lowest BCUT2D eigenvalue weighted by molar-refractivity contribution is -0.128. The van der Waals surface area contributed by atoms with Crippen LogP contribution >= 0.6 is 12.4 Å². The van der Waals surface area contributed by atoms with E-state index >= 15 is 0 Å². The number of nitrogens with two attached hydrogens (primary N) is 1. The van der Waals surface area contributed by atoms with Crippen LogP contribution in [0, 0.1) is 12.8 Å². The first-order chi connectivity index (χ1) is 9.49. The van der Waals surface area contributed by atoms with Crippen molar-refractivity contribution in [3.8, 4) is 0 Å². The Morgan fingerprint density at radius 1 is 1.33 bits per heavy atom. The van der Waals surface area contributed by atoms with Gasteiger partial charge in [0.05, 0.1) is 5.92 Å². The van der Waals surface area contributed by atoms with Gasteiger partial charge in [0, 0.05) is 12.1 Å². The molecule has 0 aliphatic heterocycles. The summed E-state index contributed by atoms with van der Waals surface area (Å²) in [7, 11) is 0. The van der Waals surface area contributed by atoms with Gasteiger partial charge in [-0.05, 0) is 38.7 Å². The van der Waals surface area contributed by atoms with Crippen LogP contribution in [0.5, 0.6) is 0 Å². The summed E-state index contributed by atoms with van der Waals surface area (Å²) in [5, 5.41) is 3.05. The van der Waals surface area contributed by atoms with Crippen LogP contribution in [0.3, 0.4) is 0 Å². The number of halogens is 1. The summed E-state index contributed by atoms with van der Waals surface area (Å²) in [5.74, 6) is 0.0936. The normalized spacial score (nSPS) is 25.0. The summed E-state index contributed by atoms with van der Waals surface area (Å²) >= 11 is 0. The number of rotatable bonds is 4. The molecule has 0 heterocycles. The van der Waals surface area contributed by atoms with E-state index in [1.54, 1.807) is 0 Å². The van der Waals surface area contributed by atoms with Crippen molar-refractivity contribution in [2.75, 3.05) is 6.54 Å². The van der Waals surface area contributed by atoms with E-state index in [1.165, 1.54) is 11.1 Å². The van der Waals surface area contributed by atoms with Crippen LogP contribution in [0.1, 0.15) is 43.7 Å². The second-order valence-electron chi connectivity index (χ2n) is 6.33. The molecule has 2 rings (SSSR count). The molecule has 1 saturated carbocycles. The Balaban J connectivity index is 0.00000220. The molecule has 0 aromatic heterocycles. The van der Waals surface area contributed by atoms with Gasteiger partial charge in [0.1, 0.15) is 0 Å². The van der Waals surface area contributed by atoms with E-state index in [0.717, 1.165) is 32.1 Å². The molecular formula is C17H27ClN2O. The molecule has 0 bridgehead atoms. The molecule has 1 fully saturated rings. The molecule has 1 aliphatic carbocycles. The second-order valence-corrected chi connectivity index (χ2v) is 6.33. The van der Waals surface area contributed by atoms with Crippen molar-refractivity contribution < 1.29 is 4.79 Å². The minimum atomic E-state index is -0.341. The number of nitrogens with one attached hydrogen (secondary N) is 1. The SMILES string of the molecule is Cc1ccc(CCNC(=O)C2CCCCC2(C)N)cc1.Cl. The van der Waals surface area contributed by atoms with E-state index in [0.29, 0.717) is 6.54 Å². The first-order valence-corrected chi connectivity index (χ1v) is 7.61. The highest BCUT2D eigenvalue weighted by Crippen LogP contribution is 2.31. The van der Waals surface area contributed by atoms with Crippen molar-refractivity contribution in [1.82, 2.24) is 5.32 Å². The summed E-state index contributed by atoms with van der Waals surface area (Å²) in [4.78, 5) is 12.3. The number of benzene rings is 1. The zero-order valence-corrected chi connectivity index (χ0v) is 13.8. The van der Waals surface area contributed by atoms with Gasteiger partial charge in [-0.1, -0.05) is 42.7 Å². The van der Waals surface area contributed by atoms with E-state index < -0.39 is 0 Å². The molecule has 2 unspecified atom stereocenters. The quantitative estimate of drug-likeness (QED) is 0.898. The Morgan fingerprint density at radius 2 is 2.00 bits per heavy atom. The number of aryl methyl sites for hydroxylation is 1. The summed E-state index contributed by atoms with van der Waals surface area (Å²) < 4.78 is 0.